The van der Waals surface area contributed by atoms with Gasteiger partial charge in [-0.1, -0.05) is 15.9 Å². The molecule has 1 atom stereocenters. The van der Waals surface area contributed by atoms with Crippen LogP contribution in [-0.4, -0.2) is 22.3 Å². The Hall–Kier alpha value is -1.29. The molecule has 1 aliphatic rings. The SMILES string of the molecule is Cc1cc2cc(N3CC(Br)CC3=O)ccc2[nH]1. The molecule has 17 heavy (non-hydrogen) atoms. The standard InChI is InChI=1S/C13H13BrN2O/c1-8-4-9-5-11(2-3-12(9)15-8)16-7-10(14)6-13(16)17/h2-5,10,15H,6-7H2,1H3. The van der Waals surface area contributed by atoms with Gasteiger partial charge in [-0.15, -0.1) is 0 Å². The van der Waals surface area contributed by atoms with Crippen molar-refractivity contribution in [2.45, 2.75) is 18.2 Å². The minimum absolute atomic E-state index is 0.193. The number of carbonyl (C=O) groups is 1. The van der Waals surface area contributed by atoms with Crippen LogP contribution in [0, 0.1) is 6.92 Å². The Morgan fingerprint density at radius 1 is 1.41 bits per heavy atom. The fourth-order valence-corrected chi connectivity index (χ4v) is 2.91. The van der Waals surface area contributed by atoms with Crippen molar-refractivity contribution < 1.29 is 4.79 Å². The number of aromatic nitrogens is 1. The van der Waals surface area contributed by atoms with Crippen LogP contribution in [0.1, 0.15) is 12.1 Å². The second-order valence-corrected chi connectivity index (χ2v) is 5.82. The molecule has 1 fully saturated rings. The summed E-state index contributed by atoms with van der Waals surface area (Å²) in [7, 11) is 0. The van der Waals surface area contributed by atoms with Gasteiger partial charge in [0.15, 0.2) is 0 Å². The summed E-state index contributed by atoms with van der Waals surface area (Å²) in [4.78, 5) is 17.2. The van der Waals surface area contributed by atoms with E-state index in [-0.39, 0.29) is 10.7 Å². The van der Waals surface area contributed by atoms with E-state index in [2.05, 4.69) is 33.0 Å². The van der Waals surface area contributed by atoms with Crippen molar-refractivity contribution in [1.82, 2.24) is 4.98 Å². The summed E-state index contributed by atoms with van der Waals surface area (Å²) in [6.07, 6.45) is 0.588. The average Bonchev–Trinajstić information content (AvgIpc) is 2.78. The van der Waals surface area contributed by atoms with Gasteiger partial charge in [-0.3, -0.25) is 4.79 Å². The number of alkyl halides is 1. The Kier molecular flexibility index (Phi) is 2.47. The molecular formula is C13H13BrN2O. The Balaban J connectivity index is 2.03. The van der Waals surface area contributed by atoms with Gasteiger partial charge < -0.3 is 9.88 Å². The first-order valence-electron chi connectivity index (χ1n) is 5.67. The van der Waals surface area contributed by atoms with E-state index in [0.29, 0.717) is 6.42 Å². The fraction of sp³-hybridized carbons (Fsp3) is 0.308. The molecule has 2 heterocycles. The molecule has 1 N–H and O–H groups in total. The molecule has 1 aromatic heterocycles. The molecule has 1 aromatic carbocycles. The zero-order chi connectivity index (χ0) is 12.0. The topological polar surface area (TPSA) is 36.1 Å². The lowest BCUT2D eigenvalue weighted by Crippen LogP contribution is -2.24. The number of carbonyl (C=O) groups excluding carboxylic acids is 1. The monoisotopic (exact) mass is 292 g/mol. The molecule has 3 nitrogen and oxygen atoms in total. The minimum atomic E-state index is 0.193. The fourth-order valence-electron chi connectivity index (χ4n) is 2.35. The van der Waals surface area contributed by atoms with Crippen molar-refractivity contribution in [3.8, 4) is 0 Å². The lowest BCUT2D eigenvalue weighted by molar-refractivity contribution is -0.117. The number of aromatic amines is 1. The van der Waals surface area contributed by atoms with Gasteiger partial charge in [-0.2, -0.15) is 0 Å². The van der Waals surface area contributed by atoms with E-state index in [1.165, 1.54) is 0 Å². The summed E-state index contributed by atoms with van der Waals surface area (Å²) in [6.45, 7) is 2.79. The molecule has 0 aliphatic carbocycles. The summed E-state index contributed by atoms with van der Waals surface area (Å²) in [5.74, 6) is 0.193. The van der Waals surface area contributed by atoms with Gasteiger partial charge in [-0.25, -0.2) is 0 Å². The number of aryl methyl sites for hydroxylation is 1. The van der Waals surface area contributed by atoms with Gasteiger partial charge in [0, 0.05) is 40.1 Å². The molecule has 0 bridgehead atoms. The third-order valence-corrected chi connectivity index (χ3v) is 3.74. The second kappa shape index (κ2) is 3.88. The minimum Gasteiger partial charge on any atom is -0.359 e. The molecule has 1 aliphatic heterocycles. The van der Waals surface area contributed by atoms with Gasteiger partial charge in [0.25, 0.3) is 0 Å². The van der Waals surface area contributed by atoms with E-state index < -0.39 is 0 Å². The van der Waals surface area contributed by atoms with Crippen LogP contribution in [0.2, 0.25) is 0 Å². The predicted molar refractivity (Wildman–Crippen MR) is 72.7 cm³/mol. The summed E-state index contributed by atoms with van der Waals surface area (Å²) >= 11 is 3.50. The summed E-state index contributed by atoms with van der Waals surface area (Å²) in [6, 6.07) is 8.21. The van der Waals surface area contributed by atoms with Crippen LogP contribution in [-0.2, 0) is 4.79 Å². The number of anilines is 1. The molecule has 4 heteroatoms. The van der Waals surface area contributed by atoms with Gasteiger partial charge >= 0.3 is 0 Å². The lowest BCUT2D eigenvalue weighted by atomic mass is 10.2. The van der Waals surface area contributed by atoms with Crippen LogP contribution in [0.4, 0.5) is 5.69 Å². The Bertz CT molecular complexity index is 590. The third-order valence-electron chi connectivity index (χ3n) is 3.13. The van der Waals surface area contributed by atoms with Gasteiger partial charge in [0.1, 0.15) is 0 Å². The summed E-state index contributed by atoms with van der Waals surface area (Å²) in [5, 5.41) is 1.16. The zero-order valence-electron chi connectivity index (χ0n) is 9.53. The predicted octanol–water partition coefficient (Wildman–Crippen LogP) is 2.98. The average molecular weight is 293 g/mol. The number of hydrogen-bond donors (Lipinski definition) is 1. The van der Waals surface area contributed by atoms with Crippen molar-refractivity contribution in [2.24, 2.45) is 0 Å². The Labute approximate surface area is 108 Å². The van der Waals surface area contributed by atoms with Crippen molar-refractivity contribution in [3.63, 3.8) is 0 Å². The van der Waals surface area contributed by atoms with Crippen LogP contribution in [0.3, 0.4) is 0 Å². The van der Waals surface area contributed by atoms with Crippen molar-refractivity contribution in [1.29, 1.82) is 0 Å². The number of amides is 1. The Morgan fingerprint density at radius 3 is 2.94 bits per heavy atom. The van der Waals surface area contributed by atoms with Crippen LogP contribution in [0.25, 0.3) is 10.9 Å². The number of fused-ring (bicyclic) bond motifs is 1. The highest BCUT2D eigenvalue weighted by molar-refractivity contribution is 9.09. The highest BCUT2D eigenvalue weighted by Crippen LogP contribution is 2.28. The molecule has 0 radical (unpaired) electrons. The number of benzene rings is 1. The van der Waals surface area contributed by atoms with E-state index in [0.717, 1.165) is 28.8 Å². The summed E-state index contributed by atoms with van der Waals surface area (Å²) in [5.41, 5.74) is 3.25. The second-order valence-electron chi connectivity index (χ2n) is 4.53. The number of halogens is 1. The molecular weight excluding hydrogens is 280 g/mol. The van der Waals surface area contributed by atoms with E-state index >= 15 is 0 Å². The third kappa shape index (κ3) is 1.86. The van der Waals surface area contributed by atoms with Crippen LogP contribution < -0.4 is 4.90 Å². The van der Waals surface area contributed by atoms with E-state index in [1.807, 2.05) is 24.0 Å². The first kappa shape index (κ1) is 10.8. The largest absolute Gasteiger partial charge is 0.359 e. The number of rotatable bonds is 1. The molecule has 3 rings (SSSR count). The Morgan fingerprint density at radius 2 is 2.24 bits per heavy atom. The normalized spacial score (nSPS) is 20.5. The zero-order valence-corrected chi connectivity index (χ0v) is 11.1. The van der Waals surface area contributed by atoms with E-state index in [1.54, 1.807) is 0 Å². The quantitative estimate of drug-likeness (QED) is 0.806. The maximum absolute atomic E-state index is 11.8. The molecule has 1 amide bonds. The first-order valence-corrected chi connectivity index (χ1v) is 6.59. The highest BCUT2D eigenvalue weighted by atomic mass is 79.9. The van der Waals surface area contributed by atoms with E-state index in [9.17, 15) is 4.79 Å². The maximum atomic E-state index is 11.8. The van der Waals surface area contributed by atoms with Crippen LogP contribution >= 0.6 is 15.9 Å². The van der Waals surface area contributed by atoms with Gasteiger partial charge in [0.05, 0.1) is 0 Å². The van der Waals surface area contributed by atoms with Crippen molar-refractivity contribution >= 4 is 38.4 Å². The number of H-pyrrole nitrogens is 1. The van der Waals surface area contributed by atoms with Crippen LogP contribution in [0.15, 0.2) is 24.3 Å². The molecule has 1 unspecified atom stereocenters. The number of hydrogen-bond acceptors (Lipinski definition) is 1. The lowest BCUT2D eigenvalue weighted by Gasteiger charge is -2.15. The van der Waals surface area contributed by atoms with Gasteiger partial charge in [-0.05, 0) is 31.2 Å². The molecule has 1 saturated heterocycles. The summed E-state index contributed by atoms with van der Waals surface area (Å²) < 4.78 is 0. The smallest absolute Gasteiger partial charge is 0.228 e. The van der Waals surface area contributed by atoms with Gasteiger partial charge in [0.2, 0.25) is 5.91 Å². The number of nitrogens with zero attached hydrogens (tertiary/aromatic N) is 1. The molecule has 0 spiro atoms. The molecule has 2 aromatic rings. The van der Waals surface area contributed by atoms with E-state index in [4.69, 9.17) is 0 Å². The van der Waals surface area contributed by atoms with Crippen LogP contribution in [0.5, 0.6) is 0 Å². The first-order chi connectivity index (χ1) is 8.13. The highest BCUT2D eigenvalue weighted by Gasteiger charge is 2.28. The van der Waals surface area contributed by atoms with Crippen molar-refractivity contribution in [2.75, 3.05) is 11.4 Å². The van der Waals surface area contributed by atoms with Crippen molar-refractivity contribution in [3.05, 3.63) is 30.0 Å². The number of nitrogens with one attached hydrogen (secondary N) is 1. The molecule has 0 saturated carbocycles. The maximum Gasteiger partial charge on any atom is 0.228 e. The molecule has 88 valence electrons.